The molecule has 2 unspecified atom stereocenters. The molecule has 1 amide bonds. The van der Waals surface area contributed by atoms with E-state index in [-0.39, 0.29) is 53.7 Å². The molecule has 0 saturated carbocycles. The molecular formula is C39H44ClF2N5O5. The number of methoxy groups -OCH3 is 1. The molecule has 0 N–H and O–H groups in total. The van der Waals surface area contributed by atoms with Gasteiger partial charge in [0.1, 0.15) is 35.5 Å². The van der Waals surface area contributed by atoms with E-state index >= 15 is 4.39 Å². The molecule has 0 radical (unpaired) electrons. The lowest BCUT2D eigenvalue weighted by Gasteiger charge is -2.42. The Hall–Kier alpha value is -4.00. The lowest BCUT2D eigenvalue weighted by molar-refractivity contribution is 0.0122. The van der Waals surface area contributed by atoms with E-state index in [0.29, 0.717) is 48.6 Å². The Kier molecular flexibility index (Phi) is 9.06. The molecule has 8 rings (SSSR count). The normalized spacial score (nSPS) is 24.6. The van der Waals surface area contributed by atoms with Crippen LogP contribution < -0.4 is 14.4 Å². The second kappa shape index (κ2) is 13.4. The summed E-state index contributed by atoms with van der Waals surface area (Å²) >= 11 is 7.05. The molecule has 4 aliphatic heterocycles. The molecule has 4 atom stereocenters. The average molecular weight is 736 g/mol. The van der Waals surface area contributed by atoms with E-state index in [1.54, 1.807) is 12.1 Å². The van der Waals surface area contributed by atoms with Crippen LogP contribution in [0.4, 0.5) is 19.4 Å². The Morgan fingerprint density at radius 2 is 1.81 bits per heavy atom. The molecule has 0 spiro atoms. The number of aromatic nitrogens is 2. The number of alkyl halides is 1. The number of benzene rings is 3. The van der Waals surface area contributed by atoms with Gasteiger partial charge in [0.05, 0.1) is 22.6 Å². The number of hydrogen-bond donors (Lipinski definition) is 0. The van der Waals surface area contributed by atoms with Gasteiger partial charge in [-0.25, -0.2) is 13.6 Å². The van der Waals surface area contributed by atoms with Gasteiger partial charge in [0.25, 0.3) is 0 Å². The maximum atomic E-state index is 17.3. The molecule has 4 aliphatic rings. The number of nitrogens with zero attached hydrogens (tertiary/aromatic N) is 5. The minimum absolute atomic E-state index is 0.0159. The van der Waals surface area contributed by atoms with Crippen LogP contribution in [0.5, 0.6) is 11.8 Å². The molecule has 4 saturated heterocycles. The minimum Gasteiger partial charge on any atom is -0.468 e. The SMILES string of the molecule is COCOc1cc(-c2c(Cl)cc3c(N4CC5CCC(C4)N5C(=O)OC(C)(C)C)nc(OC[C@@]45CCCN4C[C@@H](F)C5)nc3c2F)c2ccccc2c1. The van der Waals surface area contributed by atoms with E-state index in [2.05, 4.69) is 9.80 Å². The number of amides is 1. The van der Waals surface area contributed by atoms with Crippen molar-refractivity contribution in [3.63, 3.8) is 0 Å². The highest BCUT2D eigenvalue weighted by Gasteiger charge is 2.50. The quantitative estimate of drug-likeness (QED) is 0.169. The first-order chi connectivity index (χ1) is 24.9. The Balaban J connectivity index is 1.23. The lowest BCUT2D eigenvalue weighted by Crippen LogP contribution is -2.57. The van der Waals surface area contributed by atoms with Crippen molar-refractivity contribution in [3.05, 3.63) is 53.3 Å². The van der Waals surface area contributed by atoms with Crippen molar-refractivity contribution in [1.82, 2.24) is 19.8 Å². The molecule has 276 valence electrons. The first-order valence-electron chi connectivity index (χ1n) is 18.1. The first-order valence-corrected chi connectivity index (χ1v) is 18.4. The summed E-state index contributed by atoms with van der Waals surface area (Å²) in [5, 5.41) is 2.25. The van der Waals surface area contributed by atoms with E-state index in [1.165, 1.54) is 7.11 Å². The van der Waals surface area contributed by atoms with Crippen LogP contribution in [0.1, 0.15) is 52.9 Å². The van der Waals surface area contributed by atoms with Gasteiger partial charge in [-0.05, 0) is 87.5 Å². The van der Waals surface area contributed by atoms with Crippen LogP contribution in [0.25, 0.3) is 32.8 Å². The standard InChI is InChI=1S/C39H44ClF2N5O5/c1-38(2,3)52-37(48)47-25-10-11-26(47)20-45(19-25)35-30-16-31(40)32(29-15-27(51-22-49-4)14-23-8-5-6-9-28(23)29)33(42)34(30)43-36(44-35)50-21-39-12-7-13-46(39)18-24(41)17-39/h5-6,8-9,14-16,24-26H,7,10-13,17-22H2,1-4H3/t24-,25?,26?,39-/m0/s1. The number of hydrogen-bond acceptors (Lipinski definition) is 9. The second-order valence-electron chi connectivity index (χ2n) is 15.6. The summed E-state index contributed by atoms with van der Waals surface area (Å²) in [6.45, 7) is 7.93. The van der Waals surface area contributed by atoms with Crippen molar-refractivity contribution in [2.45, 2.75) is 82.3 Å². The zero-order valence-corrected chi connectivity index (χ0v) is 30.7. The van der Waals surface area contributed by atoms with Crippen molar-refractivity contribution in [2.24, 2.45) is 0 Å². The predicted molar refractivity (Wildman–Crippen MR) is 196 cm³/mol. The number of halogens is 3. The summed E-state index contributed by atoms with van der Waals surface area (Å²) in [7, 11) is 1.54. The third kappa shape index (κ3) is 6.36. The van der Waals surface area contributed by atoms with Crippen LogP contribution in [-0.2, 0) is 9.47 Å². The topological polar surface area (TPSA) is 89.5 Å². The summed E-state index contributed by atoms with van der Waals surface area (Å²) in [6, 6.07) is 12.8. The average Bonchev–Trinajstić information content (AvgIpc) is 3.72. The van der Waals surface area contributed by atoms with Crippen LogP contribution in [-0.4, -0.2) is 102 Å². The molecule has 10 nitrogen and oxygen atoms in total. The van der Waals surface area contributed by atoms with Crippen molar-refractivity contribution in [2.75, 3.05) is 51.6 Å². The van der Waals surface area contributed by atoms with E-state index in [0.717, 1.165) is 43.0 Å². The van der Waals surface area contributed by atoms with Gasteiger partial charge in [-0.2, -0.15) is 9.97 Å². The first kappa shape index (κ1) is 35.1. The highest BCUT2D eigenvalue weighted by Crippen LogP contribution is 2.45. The van der Waals surface area contributed by atoms with Crippen molar-refractivity contribution >= 4 is 45.2 Å². The molecule has 5 heterocycles. The number of fused-ring (bicyclic) bond motifs is 5. The Morgan fingerprint density at radius 3 is 2.56 bits per heavy atom. The van der Waals surface area contributed by atoms with Gasteiger partial charge >= 0.3 is 12.1 Å². The Morgan fingerprint density at radius 1 is 1.04 bits per heavy atom. The Bertz CT molecular complexity index is 2020. The fourth-order valence-electron chi connectivity index (χ4n) is 8.75. The van der Waals surface area contributed by atoms with Gasteiger partial charge in [-0.3, -0.25) is 9.80 Å². The van der Waals surface area contributed by atoms with E-state index in [4.69, 9.17) is 40.5 Å². The molecule has 0 aliphatic carbocycles. The number of carbonyl (C=O) groups excluding carboxylic acids is 1. The van der Waals surface area contributed by atoms with Crippen LogP contribution >= 0.6 is 11.6 Å². The largest absolute Gasteiger partial charge is 0.468 e. The second-order valence-corrected chi connectivity index (χ2v) is 16.0. The number of piperazine rings is 1. The van der Waals surface area contributed by atoms with Crippen molar-refractivity contribution < 1.29 is 32.5 Å². The lowest BCUT2D eigenvalue weighted by atomic mass is 9.95. The van der Waals surface area contributed by atoms with Gasteiger partial charge < -0.3 is 23.8 Å². The van der Waals surface area contributed by atoms with Gasteiger partial charge in [0.2, 0.25) is 0 Å². The summed E-state index contributed by atoms with van der Waals surface area (Å²) in [6.07, 6.45) is 2.52. The number of ether oxygens (including phenoxy) is 4. The van der Waals surface area contributed by atoms with Gasteiger partial charge in [-0.1, -0.05) is 35.9 Å². The molecular weight excluding hydrogens is 692 g/mol. The highest BCUT2D eigenvalue weighted by molar-refractivity contribution is 6.35. The van der Waals surface area contributed by atoms with Crippen LogP contribution in [0, 0.1) is 5.82 Å². The van der Waals surface area contributed by atoms with E-state index in [9.17, 15) is 9.18 Å². The van der Waals surface area contributed by atoms with Crippen LogP contribution in [0.3, 0.4) is 0 Å². The maximum absolute atomic E-state index is 17.3. The molecule has 13 heteroatoms. The molecule has 4 aromatic rings. The third-order valence-corrected chi connectivity index (χ3v) is 11.2. The Labute approximate surface area is 306 Å². The van der Waals surface area contributed by atoms with Crippen molar-refractivity contribution in [3.8, 4) is 22.9 Å². The smallest absolute Gasteiger partial charge is 0.410 e. The van der Waals surface area contributed by atoms with Crippen molar-refractivity contribution in [1.29, 1.82) is 0 Å². The molecule has 2 bridgehead atoms. The molecule has 1 aromatic heterocycles. The fourth-order valence-corrected chi connectivity index (χ4v) is 9.04. The summed E-state index contributed by atoms with van der Waals surface area (Å²) in [5.41, 5.74) is -0.285. The van der Waals surface area contributed by atoms with E-state index in [1.807, 2.05) is 56.0 Å². The highest BCUT2D eigenvalue weighted by atomic mass is 35.5. The predicted octanol–water partition coefficient (Wildman–Crippen LogP) is 7.77. The van der Waals surface area contributed by atoms with Crippen LogP contribution in [0.2, 0.25) is 5.02 Å². The van der Waals surface area contributed by atoms with Gasteiger partial charge in [0.15, 0.2) is 12.6 Å². The summed E-state index contributed by atoms with van der Waals surface area (Å²) < 4.78 is 55.0. The number of rotatable bonds is 8. The number of anilines is 1. The van der Waals surface area contributed by atoms with Crippen LogP contribution in [0.15, 0.2) is 42.5 Å². The summed E-state index contributed by atoms with van der Waals surface area (Å²) in [5.74, 6) is 0.358. The minimum atomic E-state index is -0.922. The van der Waals surface area contributed by atoms with Gasteiger partial charge in [0, 0.05) is 44.1 Å². The number of carbonyl (C=O) groups is 1. The summed E-state index contributed by atoms with van der Waals surface area (Å²) in [4.78, 5) is 29.0. The zero-order chi connectivity index (χ0) is 36.4. The molecule has 3 aromatic carbocycles. The zero-order valence-electron chi connectivity index (χ0n) is 30.0. The van der Waals surface area contributed by atoms with Gasteiger partial charge in [-0.15, -0.1) is 0 Å². The fraction of sp³-hybridized carbons (Fsp3) is 0.513. The molecule has 4 fully saturated rings. The monoisotopic (exact) mass is 735 g/mol. The maximum Gasteiger partial charge on any atom is 0.410 e. The third-order valence-electron chi connectivity index (χ3n) is 10.9. The molecule has 52 heavy (non-hydrogen) atoms. The van der Waals surface area contributed by atoms with E-state index < -0.39 is 23.1 Å².